The summed E-state index contributed by atoms with van der Waals surface area (Å²) in [5.74, 6) is 2.56. The molecule has 1 aromatic rings. The number of nitrogens with two attached hydrogens (primary N) is 1. The maximum absolute atomic E-state index is 12.7. The van der Waals surface area contributed by atoms with Gasteiger partial charge in [0.05, 0.1) is 5.60 Å². The third-order valence-electron chi connectivity index (χ3n) is 4.49. The van der Waals surface area contributed by atoms with Crippen LogP contribution in [0.25, 0.3) is 0 Å². The summed E-state index contributed by atoms with van der Waals surface area (Å²) in [6, 6.07) is 7.40. The van der Waals surface area contributed by atoms with Crippen molar-refractivity contribution < 1.29 is 9.53 Å². The molecule has 2 aliphatic heterocycles. The van der Waals surface area contributed by atoms with Crippen LogP contribution >= 0.6 is 11.8 Å². The predicted molar refractivity (Wildman–Crippen MR) is 83.2 cm³/mol. The van der Waals surface area contributed by atoms with Crippen LogP contribution in [0.4, 0.5) is 5.69 Å². The molecule has 0 saturated carbocycles. The van der Waals surface area contributed by atoms with Crippen LogP contribution < -0.4 is 5.73 Å². The Balaban J connectivity index is 1.77. The number of para-hydroxylation sites is 1. The van der Waals surface area contributed by atoms with Gasteiger partial charge in [0.15, 0.2) is 5.78 Å². The van der Waals surface area contributed by atoms with Gasteiger partial charge in [-0.15, -0.1) is 0 Å². The van der Waals surface area contributed by atoms with Crippen LogP contribution in [0.15, 0.2) is 24.3 Å². The summed E-state index contributed by atoms with van der Waals surface area (Å²) in [5.41, 5.74) is 7.17. The topological polar surface area (TPSA) is 52.3 Å². The Kier molecular flexibility index (Phi) is 4.03. The normalized spacial score (nSPS) is 25.5. The zero-order chi connectivity index (χ0) is 14.0. The average molecular weight is 291 g/mol. The number of rotatable bonds is 2. The minimum absolute atomic E-state index is 0.0482. The fraction of sp³-hybridized carbons (Fsp3) is 0.562. The number of hydrogen-bond donors (Lipinski definition) is 1. The maximum Gasteiger partial charge on any atom is 0.168 e. The van der Waals surface area contributed by atoms with E-state index in [4.69, 9.17) is 10.5 Å². The Morgan fingerprint density at radius 1 is 1.30 bits per heavy atom. The number of carbonyl (C=O) groups excluding carboxylic acids is 1. The molecule has 2 heterocycles. The summed E-state index contributed by atoms with van der Waals surface area (Å²) in [7, 11) is 0. The Morgan fingerprint density at radius 2 is 2.05 bits per heavy atom. The van der Waals surface area contributed by atoms with E-state index in [1.54, 1.807) is 6.07 Å². The molecule has 20 heavy (non-hydrogen) atoms. The van der Waals surface area contributed by atoms with Crippen molar-refractivity contribution in [1.29, 1.82) is 0 Å². The first kappa shape index (κ1) is 14.0. The first-order valence-electron chi connectivity index (χ1n) is 7.31. The number of Topliss-reactive ketones (excluding diaryl/α,β-unsaturated/α-hetero) is 1. The van der Waals surface area contributed by atoms with E-state index in [1.807, 2.05) is 30.0 Å². The van der Waals surface area contributed by atoms with Gasteiger partial charge in [-0.3, -0.25) is 4.79 Å². The standard InChI is InChI=1S/C16H21NO2S/c17-14-4-2-1-3-13(14)15(18)12-5-8-19-16(11-12)6-9-20-10-7-16/h1-4,12H,5-11,17H2. The van der Waals surface area contributed by atoms with Crippen LogP contribution in [-0.4, -0.2) is 29.5 Å². The minimum atomic E-state index is -0.0482. The summed E-state index contributed by atoms with van der Waals surface area (Å²) in [6.07, 6.45) is 3.83. The molecule has 0 aliphatic carbocycles. The highest BCUT2D eigenvalue weighted by Crippen LogP contribution is 2.40. The SMILES string of the molecule is Nc1ccccc1C(=O)C1CCOC2(CCSCC2)C1. The van der Waals surface area contributed by atoms with E-state index < -0.39 is 0 Å². The van der Waals surface area contributed by atoms with Crippen molar-refractivity contribution >= 4 is 23.2 Å². The van der Waals surface area contributed by atoms with Crippen molar-refractivity contribution in [2.75, 3.05) is 23.8 Å². The zero-order valence-corrected chi connectivity index (χ0v) is 12.5. The van der Waals surface area contributed by atoms with Gasteiger partial charge in [-0.05, 0) is 49.3 Å². The van der Waals surface area contributed by atoms with E-state index >= 15 is 0 Å². The molecule has 1 spiro atoms. The summed E-state index contributed by atoms with van der Waals surface area (Å²) in [6.45, 7) is 0.702. The average Bonchev–Trinajstić information content (AvgIpc) is 2.48. The molecule has 0 aromatic heterocycles. The van der Waals surface area contributed by atoms with Gasteiger partial charge >= 0.3 is 0 Å². The lowest BCUT2D eigenvalue weighted by Crippen LogP contribution is -2.44. The Hall–Kier alpha value is -1.00. The lowest BCUT2D eigenvalue weighted by atomic mass is 9.78. The predicted octanol–water partition coefficient (Wildman–Crippen LogP) is 3.14. The Bertz CT molecular complexity index is 491. The smallest absolute Gasteiger partial charge is 0.168 e. The molecule has 1 unspecified atom stereocenters. The van der Waals surface area contributed by atoms with Crippen LogP contribution in [0.5, 0.6) is 0 Å². The number of ketones is 1. The molecule has 4 heteroatoms. The minimum Gasteiger partial charge on any atom is -0.398 e. The summed E-state index contributed by atoms with van der Waals surface area (Å²) >= 11 is 1.99. The molecular weight excluding hydrogens is 270 g/mol. The van der Waals surface area contributed by atoms with Gasteiger partial charge < -0.3 is 10.5 Å². The van der Waals surface area contributed by atoms with E-state index in [0.717, 1.165) is 37.2 Å². The van der Waals surface area contributed by atoms with Gasteiger partial charge in [-0.1, -0.05) is 12.1 Å². The van der Waals surface area contributed by atoms with Crippen LogP contribution in [-0.2, 0) is 4.74 Å². The van der Waals surface area contributed by atoms with Crippen LogP contribution in [0.2, 0.25) is 0 Å². The largest absolute Gasteiger partial charge is 0.398 e. The highest BCUT2D eigenvalue weighted by Gasteiger charge is 2.41. The van der Waals surface area contributed by atoms with Crippen molar-refractivity contribution in [3.8, 4) is 0 Å². The molecule has 3 nitrogen and oxygen atoms in total. The van der Waals surface area contributed by atoms with Gasteiger partial charge in [0, 0.05) is 23.8 Å². The fourth-order valence-electron chi connectivity index (χ4n) is 3.28. The second kappa shape index (κ2) is 5.78. The van der Waals surface area contributed by atoms with Crippen LogP contribution in [0, 0.1) is 5.92 Å². The molecule has 1 atom stereocenters. The van der Waals surface area contributed by atoms with E-state index in [-0.39, 0.29) is 17.3 Å². The molecule has 2 aliphatic rings. The van der Waals surface area contributed by atoms with Gasteiger partial charge in [-0.25, -0.2) is 0 Å². The molecule has 108 valence electrons. The first-order valence-corrected chi connectivity index (χ1v) is 8.46. The molecule has 3 rings (SSSR count). The second-order valence-electron chi connectivity index (χ2n) is 5.79. The van der Waals surface area contributed by atoms with Crippen molar-refractivity contribution in [1.82, 2.24) is 0 Å². The Labute approximate surface area is 124 Å². The molecule has 0 radical (unpaired) electrons. The van der Waals surface area contributed by atoms with E-state index in [2.05, 4.69) is 0 Å². The molecular formula is C16H21NO2S. The lowest BCUT2D eigenvalue weighted by Gasteiger charge is -2.43. The van der Waals surface area contributed by atoms with Gasteiger partial charge in [0.25, 0.3) is 0 Å². The molecule has 2 saturated heterocycles. The summed E-state index contributed by atoms with van der Waals surface area (Å²) in [5, 5.41) is 0. The fourth-order valence-corrected chi connectivity index (χ4v) is 4.52. The summed E-state index contributed by atoms with van der Waals surface area (Å²) < 4.78 is 6.06. The molecule has 2 N–H and O–H groups in total. The van der Waals surface area contributed by atoms with Gasteiger partial charge in [0.1, 0.15) is 0 Å². The third kappa shape index (κ3) is 2.72. The van der Waals surface area contributed by atoms with Gasteiger partial charge in [-0.2, -0.15) is 11.8 Å². The number of ether oxygens (including phenoxy) is 1. The monoisotopic (exact) mass is 291 g/mol. The third-order valence-corrected chi connectivity index (χ3v) is 5.48. The number of thioether (sulfide) groups is 1. The second-order valence-corrected chi connectivity index (χ2v) is 7.01. The van der Waals surface area contributed by atoms with Crippen LogP contribution in [0.3, 0.4) is 0 Å². The number of carbonyl (C=O) groups is 1. The molecule has 0 amide bonds. The number of anilines is 1. The zero-order valence-electron chi connectivity index (χ0n) is 11.6. The van der Waals surface area contributed by atoms with E-state index in [0.29, 0.717) is 17.9 Å². The van der Waals surface area contributed by atoms with Gasteiger partial charge in [0.2, 0.25) is 0 Å². The first-order chi connectivity index (χ1) is 9.70. The maximum atomic E-state index is 12.7. The number of nitrogen functional groups attached to an aromatic ring is 1. The number of hydrogen-bond acceptors (Lipinski definition) is 4. The van der Waals surface area contributed by atoms with E-state index in [1.165, 1.54) is 0 Å². The Morgan fingerprint density at radius 3 is 2.80 bits per heavy atom. The molecule has 0 bridgehead atoms. The molecule has 1 aromatic carbocycles. The highest BCUT2D eigenvalue weighted by atomic mass is 32.2. The lowest BCUT2D eigenvalue weighted by molar-refractivity contribution is -0.0959. The van der Waals surface area contributed by atoms with Crippen molar-refractivity contribution in [2.24, 2.45) is 5.92 Å². The van der Waals surface area contributed by atoms with Crippen LogP contribution in [0.1, 0.15) is 36.0 Å². The highest BCUT2D eigenvalue weighted by molar-refractivity contribution is 7.99. The quantitative estimate of drug-likeness (QED) is 0.672. The van der Waals surface area contributed by atoms with Crippen molar-refractivity contribution in [3.63, 3.8) is 0 Å². The van der Waals surface area contributed by atoms with Crippen molar-refractivity contribution in [2.45, 2.75) is 31.3 Å². The van der Waals surface area contributed by atoms with Crippen molar-refractivity contribution in [3.05, 3.63) is 29.8 Å². The van der Waals surface area contributed by atoms with E-state index in [9.17, 15) is 4.79 Å². The summed E-state index contributed by atoms with van der Waals surface area (Å²) in [4.78, 5) is 12.7. The molecule has 2 fully saturated rings. The number of benzene rings is 1.